The average molecular weight is 155 g/mol. The Hall–Kier alpha value is -0.530. The van der Waals surface area contributed by atoms with Crippen LogP contribution in [0.3, 0.4) is 0 Å². The summed E-state index contributed by atoms with van der Waals surface area (Å²) in [5.74, 6) is 0.656. The molecule has 0 spiro atoms. The first kappa shape index (κ1) is 8.57. The number of amides is 1. The van der Waals surface area contributed by atoms with Gasteiger partial charge in [0.1, 0.15) is 0 Å². The fraction of sp³-hybridized carbons (Fsp3) is 0.889. The Bertz CT molecular complexity index is 136. The molecule has 0 radical (unpaired) electrons. The lowest BCUT2D eigenvalue weighted by Gasteiger charge is -2.23. The van der Waals surface area contributed by atoms with Crippen LogP contribution in [0.5, 0.6) is 0 Å². The zero-order valence-electron chi connectivity index (χ0n) is 7.47. The van der Waals surface area contributed by atoms with E-state index in [0.717, 1.165) is 12.8 Å². The molecular weight excluding hydrogens is 138 g/mol. The molecule has 0 unspecified atom stereocenters. The maximum Gasteiger partial charge on any atom is 0.225 e. The molecule has 1 aliphatic rings. The van der Waals surface area contributed by atoms with E-state index in [4.69, 9.17) is 0 Å². The van der Waals surface area contributed by atoms with E-state index >= 15 is 0 Å². The van der Waals surface area contributed by atoms with Crippen molar-refractivity contribution in [3.8, 4) is 0 Å². The van der Waals surface area contributed by atoms with Crippen molar-refractivity contribution in [2.75, 3.05) is 14.1 Å². The lowest BCUT2D eigenvalue weighted by Crippen LogP contribution is -2.30. The van der Waals surface area contributed by atoms with E-state index in [1.165, 1.54) is 19.3 Å². The Balaban J connectivity index is 2.39. The zero-order chi connectivity index (χ0) is 8.27. The molecule has 0 N–H and O–H groups in total. The monoisotopic (exact) mass is 155 g/mol. The van der Waals surface area contributed by atoms with Gasteiger partial charge in [0.15, 0.2) is 0 Å². The molecule has 1 amide bonds. The highest BCUT2D eigenvalue weighted by Gasteiger charge is 2.21. The largest absolute Gasteiger partial charge is 0.349 e. The van der Waals surface area contributed by atoms with Crippen LogP contribution < -0.4 is 0 Å². The molecule has 0 aromatic rings. The van der Waals surface area contributed by atoms with Crippen molar-refractivity contribution in [1.29, 1.82) is 0 Å². The van der Waals surface area contributed by atoms with Gasteiger partial charge in [-0.1, -0.05) is 19.3 Å². The predicted octanol–water partition coefficient (Wildman–Crippen LogP) is 1.65. The molecule has 0 saturated heterocycles. The number of hydrogen-bond donors (Lipinski definition) is 0. The van der Waals surface area contributed by atoms with Crippen LogP contribution >= 0.6 is 0 Å². The Morgan fingerprint density at radius 3 is 2.18 bits per heavy atom. The highest BCUT2D eigenvalue weighted by molar-refractivity contribution is 5.78. The van der Waals surface area contributed by atoms with Crippen LogP contribution in [0.15, 0.2) is 0 Å². The van der Waals surface area contributed by atoms with Crippen LogP contribution in [0.4, 0.5) is 0 Å². The van der Waals surface area contributed by atoms with Gasteiger partial charge in [0.2, 0.25) is 5.91 Å². The standard InChI is InChI=1S/C9H17NO/c1-10(2)9(11)8-6-4-3-5-7-8/h8H,3-7H2,1-2H3. The fourth-order valence-corrected chi connectivity index (χ4v) is 1.71. The van der Waals surface area contributed by atoms with Crippen molar-refractivity contribution in [3.63, 3.8) is 0 Å². The second-order valence-electron chi connectivity index (χ2n) is 3.57. The van der Waals surface area contributed by atoms with Crippen molar-refractivity contribution in [2.24, 2.45) is 5.92 Å². The van der Waals surface area contributed by atoms with Crippen molar-refractivity contribution in [3.05, 3.63) is 0 Å². The van der Waals surface area contributed by atoms with Gasteiger partial charge in [-0.3, -0.25) is 4.79 Å². The van der Waals surface area contributed by atoms with E-state index in [9.17, 15) is 4.79 Å². The van der Waals surface area contributed by atoms with Gasteiger partial charge in [-0.05, 0) is 12.8 Å². The summed E-state index contributed by atoms with van der Waals surface area (Å²) in [6.45, 7) is 0. The number of carbonyl (C=O) groups is 1. The van der Waals surface area contributed by atoms with E-state index < -0.39 is 0 Å². The smallest absolute Gasteiger partial charge is 0.225 e. The summed E-state index contributed by atoms with van der Waals surface area (Å²) < 4.78 is 0. The first-order valence-electron chi connectivity index (χ1n) is 4.43. The molecule has 0 aromatic carbocycles. The molecule has 0 bridgehead atoms. The van der Waals surface area contributed by atoms with Crippen molar-refractivity contribution < 1.29 is 4.79 Å². The normalized spacial score (nSPS) is 19.8. The summed E-state index contributed by atoms with van der Waals surface area (Å²) >= 11 is 0. The number of nitrogens with zero attached hydrogens (tertiary/aromatic N) is 1. The Morgan fingerprint density at radius 1 is 1.18 bits per heavy atom. The summed E-state index contributed by atoms with van der Waals surface area (Å²) in [4.78, 5) is 13.1. The minimum Gasteiger partial charge on any atom is -0.349 e. The third kappa shape index (κ3) is 2.21. The molecule has 0 aromatic heterocycles. The number of hydrogen-bond acceptors (Lipinski definition) is 1. The van der Waals surface area contributed by atoms with Gasteiger partial charge in [0, 0.05) is 20.0 Å². The molecule has 0 heterocycles. The van der Waals surface area contributed by atoms with Gasteiger partial charge in [-0.25, -0.2) is 0 Å². The average Bonchev–Trinajstić information content (AvgIpc) is 2.05. The van der Waals surface area contributed by atoms with Gasteiger partial charge in [-0.15, -0.1) is 0 Å². The minimum atomic E-state index is 0.324. The molecule has 0 aliphatic heterocycles. The van der Waals surface area contributed by atoms with Crippen LogP contribution in [-0.4, -0.2) is 24.9 Å². The van der Waals surface area contributed by atoms with Gasteiger partial charge < -0.3 is 4.90 Å². The lowest BCUT2D eigenvalue weighted by molar-refractivity contribution is -0.133. The first-order valence-corrected chi connectivity index (χ1v) is 4.43. The summed E-state index contributed by atoms with van der Waals surface area (Å²) in [5.41, 5.74) is 0. The van der Waals surface area contributed by atoms with E-state index in [1.807, 2.05) is 14.1 Å². The molecule has 0 atom stereocenters. The zero-order valence-corrected chi connectivity index (χ0v) is 7.47. The quantitative estimate of drug-likeness (QED) is 0.564. The van der Waals surface area contributed by atoms with Crippen molar-refractivity contribution in [2.45, 2.75) is 32.1 Å². The molecule has 2 nitrogen and oxygen atoms in total. The molecule has 1 fully saturated rings. The Morgan fingerprint density at radius 2 is 1.73 bits per heavy atom. The van der Waals surface area contributed by atoms with E-state index in [-0.39, 0.29) is 0 Å². The molecule has 1 aliphatic carbocycles. The second-order valence-corrected chi connectivity index (χ2v) is 3.57. The number of rotatable bonds is 1. The van der Waals surface area contributed by atoms with Crippen LogP contribution in [0, 0.1) is 5.92 Å². The highest BCUT2D eigenvalue weighted by atomic mass is 16.2. The van der Waals surface area contributed by atoms with E-state index in [1.54, 1.807) is 4.90 Å². The van der Waals surface area contributed by atoms with Gasteiger partial charge >= 0.3 is 0 Å². The Kier molecular flexibility index (Phi) is 2.92. The number of carbonyl (C=O) groups excluding carboxylic acids is 1. The second kappa shape index (κ2) is 3.74. The summed E-state index contributed by atoms with van der Waals surface area (Å²) in [6.07, 6.45) is 6.01. The maximum absolute atomic E-state index is 11.4. The third-order valence-corrected chi connectivity index (χ3v) is 2.40. The topological polar surface area (TPSA) is 20.3 Å². The molecule has 1 rings (SSSR count). The summed E-state index contributed by atoms with van der Waals surface area (Å²) in [6, 6.07) is 0. The van der Waals surface area contributed by atoms with Crippen LogP contribution in [-0.2, 0) is 4.79 Å². The maximum atomic E-state index is 11.4. The van der Waals surface area contributed by atoms with E-state index in [0.29, 0.717) is 11.8 Å². The van der Waals surface area contributed by atoms with Crippen LogP contribution in [0.25, 0.3) is 0 Å². The van der Waals surface area contributed by atoms with Crippen LogP contribution in [0.1, 0.15) is 32.1 Å². The summed E-state index contributed by atoms with van der Waals surface area (Å²) in [5, 5.41) is 0. The van der Waals surface area contributed by atoms with Gasteiger partial charge in [-0.2, -0.15) is 0 Å². The minimum absolute atomic E-state index is 0.324. The molecule has 64 valence electrons. The fourth-order valence-electron chi connectivity index (χ4n) is 1.71. The first-order chi connectivity index (χ1) is 5.22. The molecule has 1 saturated carbocycles. The SMILES string of the molecule is CN(C)C(=O)C1CCCCC1. The molecule has 11 heavy (non-hydrogen) atoms. The highest BCUT2D eigenvalue weighted by Crippen LogP contribution is 2.24. The molecule has 2 heteroatoms. The van der Waals surface area contributed by atoms with E-state index in [2.05, 4.69) is 0 Å². The predicted molar refractivity (Wildman–Crippen MR) is 45.3 cm³/mol. The summed E-state index contributed by atoms with van der Waals surface area (Å²) in [7, 11) is 3.69. The van der Waals surface area contributed by atoms with Gasteiger partial charge in [0.25, 0.3) is 0 Å². The lowest BCUT2D eigenvalue weighted by atomic mass is 9.88. The Labute approximate surface area is 68.6 Å². The van der Waals surface area contributed by atoms with Gasteiger partial charge in [0.05, 0.1) is 0 Å². The van der Waals surface area contributed by atoms with Crippen LogP contribution in [0.2, 0.25) is 0 Å². The third-order valence-electron chi connectivity index (χ3n) is 2.40. The van der Waals surface area contributed by atoms with Crippen molar-refractivity contribution >= 4 is 5.91 Å². The molecular formula is C9H17NO. The van der Waals surface area contributed by atoms with Crippen molar-refractivity contribution in [1.82, 2.24) is 4.90 Å².